The van der Waals surface area contributed by atoms with Crippen molar-refractivity contribution in [3.8, 4) is 5.75 Å². The van der Waals surface area contributed by atoms with Crippen LogP contribution in [0.3, 0.4) is 0 Å². The number of nitrogens with zero attached hydrogens (tertiary/aromatic N) is 1. The molecule has 38 heavy (non-hydrogen) atoms. The van der Waals surface area contributed by atoms with Crippen LogP contribution in [0, 0.1) is 5.41 Å². The summed E-state index contributed by atoms with van der Waals surface area (Å²) < 4.78 is 15.4. The number of alkyl carbamates (subject to hydrolysis) is 1. The van der Waals surface area contributed by atoms with Crippen molar-refractivity contribution in [1.82, 2.24) is 10.2 Å². The van der Waals surface area contributed by atoms with E-state index in [0.29, 0.717) is 42.0 Å². The third-order valence-corrected chi connectivity index (χ3v) is 6.56. The molecular formula is C28H29N3O7. The number of rotatable bonds is 7. The highest BCUT2D eigenvalue weighted by Gasteiger charge is 2.29. The molecule has 1 fully saturated rings. The van der Waals surface area contributed by atoms with Crippen LogP contribution in [0.1, 0.15) is 29.0 Å². The molecule has 10 nitrogen and oxygen atoms in total. The van der Waals surface area contributed by atoms with Gasteiger partial charge in [-0.3, -0.25) is 15.5 Å². The molecule has 4 rings (SSSR count). The largest absolute Gasteiger partial charge is 0.489 e. The quantitative estimate of drug-likeness (QED) is 0.315. The second kappa shape index (κ2) is 11.6. The number of nitrogens with one attached hydrogen (secondary N) is 2. The Kier molecular flexibility index (Phi) is 8.10. The van der Waals surface area contributed by atoms with E-state index >= 15 is 0 Å². The number of carbonyl (C=O) groups excluding carboxylic acids is 2. The van der Waals surface area contributed by atoms with Gasteiger partial charge in [-0.05, 0) is 40.5 Å². The molecule has 3 aromatic rings. The highest BCUT2D eigenvalue weighted by Crippen LogP contribution is 2.30. The number of carboxylic acids is 1. The molecule has 3 N–H and O–H groups in total. The van der Waals surface area contributed by atoms with E-state index in [1.54, 1.807) is 35.2 Å². The van der Waals surface area contributed by atoms with Gasteiger partial charge in [-0.25, -0.2) is 9.59 Å². The fourth-order valence-corrected chi connectivity index (χ4v) is 4.66. The molecule has 198 valence electrons. The number of carboxylic acid groups (broad SMARTS) is 1. The first-order chi connectivity index (χ1) is 18.3. The summed E-state index contributed by atoms with van der Waals surface area (Å²) in [7, 11) is 2.55. The number of hydrogen-bond donors (Lipinski definition) is 3. The molecule has 0 aromatic heterocycles. The molecule has 1 saturated heterocycles. The van der Waals surface area contributed by atoms with Crippen molar-refractivity contribution in [1.29, 1.82) is 5.41 Å². The van der Waals surface area contributed by atoms with Crippen LogP contribution >= 0.6 is 0 Å². The van der Waals surface area contributed by atoms with Crippen molar-refractivity contribution < 1.29 is 33.7 Å². The van der Waals surface area contributed by atoms with E-state index in [2.05, 4.69) is 10.1 Å². The standard InChI is InChI=1S/C28H29N3O7/c1-36-27(34)30-25(29)24-19(8-7-17-5-3-4-6-22(17)24)15-23(26(32)33)18-9-11-20(12-10-18)38-21-13-14-31(16-21)28(35)37-2/h3-12,21,23H,13-16H2,1-2H3,(H,32,33)(H2,29,30,34)/t21-,23-/m0/s1. The van der Waals surface area contributed by atoms with Crippen molar-refractivity contribution >= 4 is 34.8 Å². The maximum absolute atomic E-state index is 12.3. The molecule has 2 amide bonds. The Morgan fingerprint density at radius 3 is 2.47 bits per heavy atom. The van der Waals surface area contributed by atoms with E-state index in [9.17, 15) is 19.5 Å². The van der Waals surface area contributed by atoms with Crippen LogP contribution < -0.4 is 10.1 Å². The number of hydrogen-bond acceptors (Lipinski definition) is 7. The predicted octanol–water partition coefficient (Wildman–Crippen LogP) is 4.15. The lowest BCUT2D eigenvalue weighted by atomic mass is 9.87. The maximum Gasteiger partial charge on any atom is 0.412 e. The third kappa shape index (κ3) is 5.86. The number of ether oxygens (including phenoxy) is 3. The third-order valence-electron chi connectivity index (χ3n) is 6.56. The summed E-state index contributed by atoms with van der Waals surface area (Å²) >= 11 is 0. The van der Waals surface area contributed by atoms with Gasteiger partial charge in [0.2, 0.25) is 0 Å². The monoisotopic (exact) mass is 519 g/mol. The molecular weight excluding hydrogens is 490 g/mol. The van der Waals surface area contributed by atoms with Crippen LogP contribution in [0.4, 0.5) is 9.59 Å². The fraction of sp³-hybridized carbons (Fsp3) is 0.286. The highest BCUT2D eigenvalue weighted by molar-refractivity contribution is 6.13. The Morgan fingerprint density at radius 1 is 1.05 bits per heavy atom. The zero-order valence-electron chi connectivity index (χ0n) is 21.1. The van der Waals surface area contributed by atoms with Gasteiger partial charge in [-0.1, -0.05) is 48.5 Å². The average Bonchev–Trinajstić information content (AvgIpc) is 3.39. The average molecular weight is 520 g/mol. The fourth-order valence-electron chi connectivity index (χ4n) is 4.66. The number of likely N-dealkylation sites (tertiary alicyclic amines) is 1. The zero-order chi connectivity index (χ0) is 27.2. The lowest BCUT2D eigenvalue weighted by Gasteiger charge is -2.19. The molecule has 0 aliphatic carbocycles. The van der Waals surface area contributed by atoms with E-state index in [0.717, 1.165) is 10.8 Å². The van der Waals surface area contributed by atoms with E-state index in [4.69, 9.17) is 14.9 Å². The van der Waals surface area contributed by atoms with Crippen LogP contribution in [0.25, 0.3) is 10.8 Å². The van der Waals surface area contributed by atoms with Crippen LogP contribution in [0.15, 0.2) is 60.7 Å². The lowest BCUT2D eigenvalue weighted by molar-refractivity contribution is -0.138. The smallest absolute Gasteiger partial charge is 0.412 e. The number of carbonyl (C=O) groups is 3. The van der Waals surface area contributed by atoms with Crippen LogP contribution in [-0.2, 0) is 20.7 Å². The second-order valence-corrected chi connectivity index (χ2v) is 8.92. The summed E-state index contributed by atoms with van der Waals surface area (Å²) in [6.07, 6.45) is -0.582. The molecule has 10 heteroatoms. The van der Waals surface area contributed by atoms with Gasteiger partial charge in [0.25, 0.3) is 0 Å². The minimum atomic E-state index is -1.02. The Balaban J connectivity index is 1.56. The number of aliphatic carboxylic acids is 1. The second-order valence-electron chi connectivity index (χ2n) is 8.92. The normalized spacial score (nSPS) is 15.5. The molecule has 2 atom stereocenters. The Morgan fingerprint density at radius 2 is 1.79 bits per heavy atom. The highest BCUT2D eigenvalue weighted by atomic mass is 16.5. The maximum atomic E-state index is 12.3. The van der Waals surface area contributed by atoms with Gasteiger partial charge >= 0.3 is 18.2 Å². The van der Waals surface area contributed by atoms with E-state index in [1.165, 1.54) is 14.2 Å². The molecule has 1 heterocycles. The number of fused-ring (bicyclic) bond motifs is 1. The van der Waals surface area contributed by atoms with E-state index in [-0.39, 0.29) is 18.4 Å². The van der Waals surface area contributed by atoms with Gasteiger partial charge in [0.15, 0.2) is 0 Å². The van der Waals surface area contributed by atoms with Gasteiger partial charge in [0, 0.05) is 18.5 Å². The number of methoxy groups -OCH3 is 2. The van der Waals surface area contributed by atoms with Gasteiger partial charge < -0.3 is 24.2 Å². The number of amides is 2. The topological polar surface area (TPSA) is 138 Å². The van der Waals surface area contributed by atoms with Gasteiger partial charge in [0.1, 0.15) is 17.7 Å². The zero-order valence-corrected chi connectivity index (χ0v) is 21.1. The summed E-state index contributed by atoms with van der Waals surface area (Å²) in [5, 5.41) is 22.6. The first-order valence-corrected chi connectivity index (χ1v) is 12.1. The predicted molar refractivity (Wildman–Crippen MR) is 140 cm³/mol. The SMILES string of the molecule is COC(=O)NC(=N)c1c(C[C@H](C(=O)O)c2ccc(O[C@H]3CCN(C(=O)OC)C3)cc2)ccc2ccccc12. The van der Waals surface area contributed by atoms with E-state index in [1.807, 2.05) is 30.3 Å². The van der Waals surface area contributed by atoms with Crippen molar-refractivity contribution in [3.63, 3.8) is 0 Å². The van der Waals surface area contributed by atoms with Gasteiger partial charge in [-0.2, -0.15) is 0 Å². The summed E-state index contributed by atoms with van der Waals surface area (Å²) in [5.74, 6) is -1.52. The molecule has 0 radical (unpaired) electrons. The van der Waals surface area contributed by atoms with Crippen LogP contribution in [0.5, 0.6) is 5.75 Å². The van der Waals surface area contributed by atoms with Crippen molar-refractivity contribution in [2.75, 3.05) is 27.3 Å². The van der Waals surface area contributed by atoms with Crippen molar-refractivity contribution in [2.24, 2.45) is 0 Å². The van der Waals surface area contributed by atoms with Crippen LogP contribution in [-0.4, -0.2) is 67.4 Å². The lowest BCUT2D eigenvalue weighted by Crippen LogP contribution is -2.31. The van der Waals surface area contributed by atoms with E-state index < -0.39 is 24.1 Å². The number of benzene rings is 3. The Bertz CT molecular complexity index is 1360. The van der Waals surface area contributed by atoms with Crippen molar-refractivity contribution in [2.45, 2.75) is 24.9 Å². The summed E-state index contributed by atoms with van der Waals surface area (Å²) in [5.41, 5.74) is 1.61. The summed E-state index contributed by atoms with van der Waals surface area (Å²) in [6, 6.07) is 17.9. The van der Waals surface area contributed by atoms with Crippen LogP contribution in [0.2, 0.25) is 0 Å². The Hall–Kier alpha value is -4.60. The van der Waals surface area contributed by atoms with Gasteiger partial charge in [0.05, 0.1) is 26.7 Å². The first kappa shape index (κ1) is 26.5. The molecule has 0 bridgehead atoms. The molecule has 1 aliphatic heterocycles. The minimum Gasteiger partial charge on any atom is -0.489 e. The molecule has 1 aliphatic rings. The summed E-state index contributed by atoms with van der Waals surface area (Å²) in [6.45, 7) is 0.965. The molecule has 0 unspecified atom stereocenters. The minimum absolute atomic E-state index is 0.0949. The first-order valence-electron chi connectivity index (χ1n) is 12.1. The van der Waals surface area contributed by atoms with Gasteiger partial charge in [-0.15, -0.1) is 0 Å². The molecule has 0 spiro atoms. The number of amidine groups is 1. The summed E-state index contributed by atoms with van der Waals surface area (Å²) in [4.78, 5) is 37.4. The Labute approximate surface area is 219 Å². The van der Waals surface area contributed by atoms with Crippen molar-refractivity contribution in [3.05, 3.63) is 77.4 Å². The molecule has 3 aromatic carbocycles. The molecule has 0 saturated carbocycles.